The lowest BCUT2D eigenvalue weighted by atomic mass is 9.73. The fraction of sp³-hybridized carbons (Fsp3) is 0.714. The van der Waals surface area contributed by atoms with Crippen molar-refractivity contribution in [1.82, 2.24) is 9.97 Å². The number of hydrogen-bond acceptors (Lipinski definition) is 3. The van der Waals surface area contributed by atoms with Gasteiger partial charge in [-0.25, -0.2) is 9.97 Å². The van der Waals surface area contributed by atoms with E-state index in [4.69, 9.17) is 0 Å². The zero-order valence-electron chi connectivity index (χ0n) is 11.4. The third-order valence-electron chi connectivity index (χ3n) is 3.80. The summed E-state index contributed by atoms with van der Waals surface area (Å²) in [7, 11) is 0. The average molecular weight is 233 g/mol. The van der Waals surface area contributed by atoms with E-state index in [-0.39, 0.29) is 0 Å². The van der Waals surface area contributed by atoms with E-state index in [0.29, 0.717) is 11.5 Å². The van der Waals surface area contributed by atoms with Gasteiger partial charge in [-0.3, -0.25) is 0 Å². The van der Waals surface area contributed by atoms with Crippen molar-refractivity contribution in [2.75, 3.05) is 5.32 Å². The molecule has 1 aliphatic rings. The number of anilines is 1. The normalized spacial score (nSPS) is 23.4. The summed E-state index contributed by atoms with van der Waals surface area (Å²) in [6.07, 6.45) is 5.22. The SMILES string of the molecule is Cc1cc(NC2CCCCC2(C)C)nc(C)n1. The first-order valence-corrected chi connectivity index (χ1v) is 6.56. The molecule has 1 fully saturated rings. The van der Waals surface area contributed by atoms with Crippen molar-refractivity contribution >= 4 is 5.82 Å². The molecular weight excluding hydrogens is 210 g/mol. The predicted octanol–water partition coefficient (Wildman–Crippen LogP) is 3.47. The van der Waals surface area contributed by atoms with Crippen LogP contribution in [0.15, 0.2) is 6.07 Å². The fourth-order valence-electron chi connectivity index (χ4n) is 2.73. The Bertz CT molecular complexity index is 378. The van der Waals surface area contributed by atoms with Crippen LogP contribution < -0.4 is 5.32 Å². The lowest BCUT2D eigenvalue weighted by Crippen LogP contribution is -2.39. The van der Waals surface area contributed by atoms with Gasteiger partial charge in [-0.05, 0) is 32.1 Å². The second kappa shape index (κ2) is 4.63. The van der Waals surface area contributed by atoms with Gasteiger partial charge in [0.25, 0.3) is 0 Å². The van der Waals surface area contributed by atoms with Crippen molar-refractivity contribution in [3.05, 3.63) is 17.6 Å². The van der Waals surface area contributed by atoms with E-state index in [1.54, 1.807) is 0 Å². The molecule has 1 aliphatic carbocycles. The van der Waals surface area contributed by atoms with E-state index in [1.165, 1.54) is 25.7 Å². The molecular formula is C14H23N3. The Morgan fingerprint density at radius 2 is 2.00 bits per heavy atom. The Morgan fingerprint density at radius 3 is 2.65 bits per heavy atom. The summed E-state index contributed by atoms with van der Waals surface area (Å²) >= 11 is 0. The van der Waals surface area contributed by atoms with Gasteiger partial charge < -0.3 is 5.32 Å². The highest BCUT2D eigenvalue weighted by molar-refractivity contribution is 5.37. The molecule has 3 nitrogen and oxygen atoms in total. The molecule has 2 rings (SSSR count). The van der Waals surface area contributed by atoms with Gasteiger partial charge in [0.15, 0.2) is 0 Å². The quantitative estimate of drug-likeness (QED) is 0.850. The third-order valence-corrected chi connectivity index (χ3v) is 3.80. The van der Waals surface area contributed by atoms with E-state index in [2.05, 4.69) is 29.1 Å². The first kappa shape index (κ1) is 12.3. The lowest BCUT2D eigenvalue weighted by molar-refractivity contribution is 0.216. The second-order valence-electron chi connectivity index (χ2n) is 5.87. The highest BCUT2D eigenvalue weighted by Crippen LogP contribution is 2.36. The Labute approximate surface area is 104 Å². The molecule has 0 saturated heterocycles. The number of nitrogens with one attached hydrogen (secondary N) is 1. The van der Waals surface area contributed by atoms with Crippen LogP contribution in [-0.2, 0) is 0 Å². The molecule has 3 heteroatoms. The Kier molecular flexibility index (Phi) is 3.36. The zero-order chi connectivity index (χ0) is 12.5. The van der Waals surface area contributed by atoms with Crippen molar-refractivity contribution in [2.24, 2.45) is 5.41 Å². The summed E-state index contributed by atoms with van der Waals surface area (Å²) in [4.78, 5) is 8.78. The van der Waals surface area contributed by atoms with Gasteiger partial charge in [0, 0.05) is 17.8 Å². The van der Waals surface area contributed by atoms with Crippen LogP contribution in [0, 0.1) is 19.3 Å². The molecule has 1 saturated carbocycles. The van der Waals surface area contributed by atoms with Crippen LogP contribution in [0.5, 0.6) is 0 Å². The molecule has 0 aromatic carbocycles. The topological polar surface area (TPSA) is 37.8 Å². The summed E-state index contributed by atoms with van der Waals surface area (Å²) in [6.45, 7) is 8.67. The summed E-state index contributed by atoms with van der Waals surface area (Å²) in [5.41, 5.74) is 1.40. The number of aromatic nitrogens is 2. The number of nitrogens with zero attached hydrogens (tertiary/aromatic N) is 2. The molecule has 1 heterocycles. The Morgan fingerprint density at radius 1 is 1.24 bits per heavy atom. The van der Waals surface area contributed by atoms with Crippen LogP contribution in [0.2, 0.25) is 0 Å². The number of hydrogen-bond donors (Lipinski definition) is 1. The number of aryl methyl sites for hydroxylation is 2. The van der Waals surface area contributed by atoms with Crippen LogP contribution in [0.4, 0.5) is 5.82 Å². The molecule has 94 valence electrons. The van der Waals surface area contributed by atoms with E-state index in [9.17, 15) is 0 Å². The molecule has 17 heavy (non-hydrogen) atoms. The summed E-state index contributed by atoms with van der Waals surface area (Å²) in [5, 5.41) is 3.60. The van der Waals surface area contributed by atoms with E-state index < -0.39 is 0 Å². The number of rotatable bonds is 2. The maximum absolute atomic E-state index is 4.47. The highest BCUT2D eigenvalue weighted by atomic mass is 15.1. The van der Waals surface area contributed by atoms with Crippen LogP contribution in [0.25, 0.3) is 0 Å². The van der Waals surface area contributed by atoms with E-state index in [0.717, 1.165) is 17.3 Å². The van der Waals surface area contributed by atoms with Crippen molar-refractivity contribution in [2.45, 2.75) is 59.4 Å². The van der Waals surface area contributed by atoms with Crippen LogP contribution in [0.1, 0.15) is 51.0 Å². The van der Waals surface area contributed by atoms with Crippen LogP contribution in [-0.4, -0.2) is 16.0 Å². The van der Waals surface area contributed by atoms with Gasteiger partial charge in [0.1, 0.15) is 11.6 Å². The molecule has 1 atom stereocenters. The molecule has 0 spiro atoms. The van der Waals surface area contributed by atoms with Gasteiger partial charge in [-0.1, -0.05) is 26.7 Å². The van der Waals surface area contributed by atoms with Gasteiger partial charge in [-0.2, -0.15) is 0 Å². The summed E-state index contributed by atoms with van der Waals surface area (Å²) in [5.74, 6) is 1.83. The van der Waals surface area contributed by atoms with Crippen LogP contribution in [0.3, 0.4) is 0 Å². The van der Waals surface area contributed by atoms with Crippen molar-refractivity contribution < 1.29 is 0 Å². The third kappa shape index (κ3) is 2.96. The molecule has 0 bridgehead atoms. The first-order valence-electron chi connectivity index (χ1n) is 6.56. The molecule has 0 radical (unpaired) electrons. The fourth-order valence-corrected chi connectivity index (χ4v) is 2.73. The molecule has 1 aromatic rings. The smallest absolute Gasteiger partial charge is 0.130 e. The molecule has 1 N–H and O–H groups in total. The molecule has 0 amide bonds. The monoisotopic (exact) mass is 233 g/mol. The molecule has 0 aliphatic heterocycles. The zero-order valence-corrected chi connectivity index (χ0v) is 11.4. The largest absolute Gasteiger partial charge is 0.367 e. The molecule has 1 unspecified atom stereocenters. The Hall–Kier alpha value is -1.12. The first-order chi connectivity index (χ1) is 7.97. The predicted molar refractivity (Wildman–Crippen MR) is 71.2 cm³/mol. The van der Waals surface area contributed by atoms with E-state index >= 15 is 0 Å². The van der Waals surface area contributed by atoms with Gasteiger partial charge in [0.05, 0.1) is 0 Å². The standard InChI is InChI=1S/C14H23N3/c1-10-9-13(16-11(2)15-10)17-12-7-5-6-8-14(12,3)4/h9,12H,5-8H2,1-4H3,(H,15,16,17). The van der Waals surface area contributed by atoms with Crippen molar-refractivity contribution in [1.29, 1.82) is 0 Å². The minimum absolute atomic E-state index is 0.366. The highest BCUT2D eigenvalue weighted by Gasteiger charge is 2.32. The molecule has 1 aromatic heterocycles. The van der Waals surface area contributed by atoms with Gasteiger partial charge >= 0.3 is 0 Å². The van der Waals surface area contributed by atoms with Crippen LogP contribution >= 0.6 is 0 Å². The van der Waals surface area contributed by atoms with Gasteiger partial charge in [0.2, 0.25) is 0 Å². The van der Waals surface area contributed by atoms with E-state index in [1.807, 2.05) is 19.9 Å². The average Bonchev–Trinajstić information content (AvgIpc) is 2.19. The maximum atomic E-state index is 4.47. The summed E-state index contributed by atoms with van der Waals surface area (Å²) in [6, 6.07) is 2.57. The lowest BCUT2D eigenvalue weighted by Gasteiger charge is -2.39. The van der Waals surface area contributed by atoms with Crippen molar-refractivity contribution in [3.63, 3.8) is 0 Å². The van der Waals surface area contributed by atoms with Gasteiger partial charge in [-0.15, -0.1) is 0 Å². The summed E-state index contributed by atoms with van der Waals surface area (Å²) < 4.78 is 0. The minimum atomic E-state index is 0.366. The maximum Gasteiger partial charge on any atom is 0.130 e. The Balaban J connectivity index is 2.14. The minimum Gasteiger partial charge on any atom is -0.367 e. The van der Waals surface area contributed by atoms with Crippen molar-refractivity contribution in [3.8, 4) is 0 Å². The second-order valence-corrected chi connectivity index (χ2v) is 5.87.